The molecule has 14 rings (SSSR count). The molecule has 11 heteroatoms. The number of hydrogen-bond donors (Lipinski definition) is 1. The molecule has 0 bridgehead atoms. The predicted octanol–water partition coefficient (Wildman–Crippen LogP) is 19.1. The standard InChI is InChI=1S/C72H55N7O2P2/c80-82(76(59-29-11-3-12-30-59)69-39-21-22-40-70(69)77(82)60-31-13-4-14-32-60)63-49-47-56(48-50-63)67-52-64(83(81)78(61-33-15-5-16-34-61)71-41-23-24-42-72(71)79(83)62-35-17-6-18-36-62)51-66(74-67)55-45-43-54(44-46-55)53-75(58-27-9-2-10-28-58)68-38-20-19-37-65(68)73-57-25-7-1-8-26-57/h1-52,73H,53H2. The number of hydrogen-bond acceptors (Lipinski definition) is 5. The smallest absolute Gasteiger partial charge is 0.301 e. The summed E-state index contributed by atoms with van der Waals surface area (Å²) in [7, 11) is -7.57. The minimum Gasteiger partial charge on any atom is -0.354 e. The van der Waals surface area contributed by atoms with Crippen LogP contribution in [0.15, 0.2) is 315 Å². The quantitative estimate of drug-likeness (QED) is 0.107. The Labute approximate surface area is 484 Å². The molecule has 0 unspecified atom stereocenters. The zero-order chi connectivity index (χ0) is 55.7. The van der Waals surface area contributed by atoms with Crippen LogP contribution in [-0.4, -0.2) is 4.98 Å². The average Bonchev–Trinajstić information content (AvgIpc) is 1.87. The van der Waals surface area contributed by atoms with Crippen molar-refractivity contribution in [1.29, 1.82) is 0 Å². The summed E-state index contributed by atoms with van der Waals surface area (Å²) in [6, 6.07) is 106. The van der Waals surface area contributed by atoms with Crippen LogP contribution in [0.3, 0.4) is 0 Å². The third kappa shape index (κ3) is 9.23. The molecule has 3 heterocycles. The maximum atomic E-state index is 17.4. The second-order valence-corrected chi connectivity index (χ2v) is 25.2. The van der Waals surface area contributed by atoms with Gasteiger partial charge in [-0.2, -0.15) is 0 Å². The lowest BCUT2D eigenvalue weighted by molar-refractivity contribution is 0.581. The SMILES string of the molecule is O=P1(c2ccc(-c3cc(P4(=O)N(c5ccccc5)c5ccccc5N4c4ccccc4)cc(-c4ccc(CN(c5ccccc5)c5ccccc5Nc5ccccc5)cc4)n3)cc2)N(c2ccccc2)c2ccccc2N1c1ccccc1. The third-order valence-electron chi connectivity index (χ3n) is 15.3. The zero-order valence-electron chi connectivity index (χ0n) is 45.1. The van der Waals surface area contributed by atoms with Gasteiger partial charge in [-0.05, 0) is 139 Å². The molecule has 400 valence electrons. The first-order chi connectivity index (χ1) is 40.9. The number of pyridine rings is 1. The molecule has 0 fully saturated rings. The minimum atomic E-state index is -3.89. The lowest BCUT2D eigenvalue weighted by Gasteiger charge is -2.34. The van der Waals surface area contributed by atoms with E-state index in [9.17, 15) is 0 Å². The fourth-order valence-corrected chi connectivity index (χ4v) is 17.5. The van der Waals surface area contributed by atoms with Gasteiger partial charge in [-0.1, -0.05) is 182 Å². The first kappa shape index (κ1) is 51.0. The lowest BCUT2D eigenvalue weighted by atomic mass is 10.1. The van der Waals surface area contributed by atoms with E-state index >= 15 is 9.13 Å². The highest BCUT2D eigenvalue weighted by Crippen LogP contribution is 2.71. The summed E-state index contributed by atoms with van der Waals surface area (Å²) in [5, 5.41) is 4.90. The van der Waals surface area contributed by atoms with Crippen LogP contribution in [-0.2, 0) is 15.7 Å². The number of nitrogens with zero attached hydrogens (tertiary/aromatic N) is 6. The van der Waals surface area contributed by atoms with E-state index in [4.69, 9.17) is 4.98 Å². The van der Waals surface area contributed by atoms with Gasteiger partial charge in [0.2, 0.25) is 0 Å². The fraction of sp³-hybridized carbons (Fsp3) is 0.0139. The third-order valence-corrected chi connectivity index (χ3v) is 21.2. The highest BCUT2D eigenvalue weighted by molar-refractivity contribution is 7.76. The molecule has 0 saturated heterocycles. The Bertz CT molecular complexity index is 4210. The largest absolute Gasteiger partial charge is 0.354 e. The second kappa shape index (κ2) is 21.7. The maximum Gasteiger partial charge on any atom is 0.301 e. The molecule has 11 aromatic carbocycles. The summed E-state index contributed by atoms with van der Waals surface area (Å²) in [6.07, 6.45) is 0. The van der Waals surface area contributed by atoms with E-state index in [2.05, 4.69) is 95.1 Å². The Kier molecular flexibility index (Phi) is 13.3. The molecule has 1 aromatic heterocycles. The summed E-state index contributed by atoms with van der Waals surface area (Å²) in [6.45, 7) is 0.576. The van der Waals surface area contributed by atoms with Crippen LogP contribution < -0.4 is 39.5 Å². The summed E-state index contributed by atoms with van der Waals surface area (Å²) in [5.74, 6) is 0. The number of benzene rings is 11. The minimum absolute atomic E-state index is 0.576. The van der Waals surface area contributed by atoms with E-state index in [-0.39, 0.29) is 0 Å². The molecule has 0 amide bonds. The van der Waals surface area contributed by atoms with E-state index in [0.717, 1.165) is 84.9 Å². The normalized spacial score (nSPS) is 13.8. The Morgan fingerprint density at radius 2 is 0.699 bits per heavy atom. The topological polar surface area (TPSA) is 75.3 Å². The van der Waals surface area contributed by atoms with Gasteiger partial charge in [0.15, 0.2) is 0 Å². The van der Waals surface area contributed by atoms with Gasteiger partial charge < -0.3 is 10.2 Å². The van der Waals surface area contributed by atoms with Gasteiger partial charge >= 0.3 is 14.9 Å². The lowest BCUT2D eigenvalue weighted by Crippen LogP contribution is -2.27. The van der Waals surface area contributed by atoms with E-state index < -0.39 is 14.9 Å². The first-order valence-electron chi connectivity index (χ1n) is 27.7. The van der Waals surface area contributed by atoms with Crippen LogP contribution >= 0.6 is 14.9 Å². The van der Waals surface area contributed by atoms with E-state index in [1.54, 1.807) is 0 Å². The van der Waals surface area contributed by atoms with Crippen LogP contribution in [0, 0.1) is 0 Å². The van der Waals surface area contributed by atoms with E-state index in [0.29, 0.717) is 28.5 Å². The Morgan fingerprint density at radius 1 is 0.349 bits per heavy atom. The van der Waals surface area contributed by atoms with Gasteiger partial charge in [-0.3, -0.25) is 27.8 Å². The second-order valence-electron chi connectivity index (χ2n) is 20.4. The average molecular weight is 1110 g/mol. The highest BCUT2D eigenvalue weighted by Gasteiger charge is 2.51. The van der Waals surface area contributed by atoms with Crippen LogP contribution in [0.2, 0.25) is 0 Å². The first-order valence-corrected chi connectivity index (χ1v) is 30.9. The molecule has 0 saturated carbocycles. The monoisotopic (exact) mass is 1110 g/mol. The summed E-state index contributed by atoms with van der Waals surface area (Å²) in [5.41, 5.74) is 14.7. The molecule has 0 radical (unpaired) electrons. The molecule has 9 nitrogen and oxygen atoms in total. The summed E-state index contributed by atoms with van der Waals surface area (Å²) in [4.78, 5) is 7.82. The van der Waals surface area contributed by atoms with Crippen LogP contribution in [0.4, 0.5) is 68.2 Å². The van der Waals surface area contributed by atoms with Crippen molar-refractivity contribution in [3.05, 3.63) is 321 Å². The van der Waals surface area contributed by atoms with Crippen LogP contribution in [0.25, 0.3) is 22.5 Å². The summed E-state index contributed by atoms with van der Waals surface area (Å²) < 4.78 is 42.1. The molecule has 2 aliphatic rings. The van der Waals surface area contributed by atoms with Crippen molar-refractivity contribution in [2.45, 2.75) is 6.54 Å². The van der Waals surface area contributed by atoms with Crippen molar-refractivity contribution in [1.82, 2.24) is 4.98 Å². The number of nitrogens with one attached hydrogen (secondary N) is 1. The fourth-order valence-electron chi connectivity index (χ4n) is 11.5. The van der Waals surface area contributed by atoms with E-state index in [1.165, 1.54) is 0 Å². The number of aromatic nitrogens is 1. The van der Waals surface area contributed by atoms with Crippen molar-refractivity contribution in [2.24, 2.45) is 0 Å². The van der Waals surface area contributed by atoms with Crippen molar-refractivity contribution >= 4 is 93.7 Å². The van der Waals surface area contributed by atoms with Crippen molar-refractivity contribution in [2.75, 3.05) is 28.9 Å². The molecule has 0 aliphatic carbocycles. The molecule has 1 N–H and O–H groups in total. The molecular weight excluding hydrogens is 1060 g/mol. The Balaban J connectivity index is 0.915. The molecular formula is C72H55N7O2P2. The molecule has 12 aromatic rings. The Morgan fingerprint density at radius 3 is 1.13 bits per heavy atom. The van der Waals surface area contributed by atoms with Crippen molar-refractivity contribution in [3.63, 3.8) is 0 Å². The van der Waals surface area contributed by atoms with Gasteiger partial charge in [0.1, 0.15) is 0 Å². The van der Waals surface area contributed by atoms with Crippen molar-refractivity contribution < 1.29 is 9.13 Å². The van der Waals surface area contributed by atoms with Gasteiger partial charge in [0.05, 0.1) is 56.1 Å². The molecule has 83 heavy (non-hydrogen) atoms. The van der Waals surface area contributed by atoms with Crippen LogP contribution in [0.1, 0.15) is 5.56 Å². The van der Waals surface area contributed by atoms with E-state index in [1.807, 2.05) is 249 Å². The highest BCUT2D eigenvalue weighted by atomic mass is 31.2. The van der Waals surface area contributed by atoms with Gasteiger partial charge in [0.25, 0.3) is 0 Å². The summed E-state index contributed by atoms with van der Waals surface area (Å²) >= 11 is 0. The molecule has 0 atom stereocenters. The van der Waals surface area contributed by atoms with Crippen molar-refractivity contribution in [3.8, 4) is 22.5 Å². The van der Waals surface area contributed by atoms with Crippen LogP contribution in [0.5, 0.6) is 0 Å². The Hall–Kier alpha value is -10.2. The van der Waals surface area contributed by atoms with Gasteiger partial charge in [0, 0.05) is 51.8 Å². The molecule has 0 spiro atoms. The molecule has 2 aliphatic heterocycles. The number of fused-ring (bicyclic) bond motifs is 2. The predicted molar refractivity (Wildman–Crippen MR) is 345 cm³/mol. The van der Waals surface area contributed by atoms with Gasteiger partial charge in [-0.25, -0.2) is 4.98 Å². The zero-order valence-corrected chi connectivity index (χ0v) is 46.9. The van der Waals surface area contributed by atoms with Gasteiger partial charge in [-0.15, -0.1) is 0 Å². The number of rotatable bonds is 14. The maximum absolute atomic E-state index is 17.4. The number of para-hydroxylation sites is 12. The number of anilines is 12.